The zero-order chi connectivity index (χ0) is 20.8. The zero-order valence-corrected chi connectivity index (χ0v) is 21.6. The fourth-order valence-electron chi connectivity index (χ4n) is 2.79. The Balaban J connectivity index is 0.00000420. The first-order valence-corrected chi connectivity index (χ1v) is 12.5. The van der Waals surface area contributed by atoms with Crippen LogP contribution in [0.4, 0.5) is 4.79 Å². The van der Waals surface area contributed by atoms with E-state index >= 15 is 0 Å². The molecule has 2 saturated heterocycles. The van der Waals surface area contributed by atoms with Gasteiger partial charge < -0.3 is 20.3 Å². The number of thioether (sulfide) groups is 1. The van der Waals surface area contributed by atoms with Crippen molar-refractivity contribution in [2.24, 2.45) is 4.99 Å². The van der Waals surface area contributed by atoms with Crippen LogP contribution in [0, 0.1) is 0 Å². The Labute approximate surface area is 195 Å². The molecular formula is C17H34IN5O4S2. The van der Waals surface area contributed by atoms with Crippen molar-refractivity contribution in [3.63, 3.8) is 0 Å². The van der Waals surface area contributed by atoms with Crippen LogP contribution in [0.2, 0.25) is 0 Å². The maximum absolute atomic E-state index is 12.4. The van der Waals surface area contributed by atoms with Crippen LogP contribution in [0.25, 0.3) is 0 Å². The standard InChI is InChI=1S/C17H33N5O4S2.HI/c1-5-18-15(19-6-11-28(24,25)22-7-9-27-10-8-22)20-14-12-21(13-14)16(23)26-17(2,3)4;/h14H,5-13H2,1-4H3,(H2,18,19,20);1H. The molecule has 0 spiro atoms. The predicted octanol–water partition coefficient (Wildman–Crippen LogP) is 1.16. The van der Waals surface area contributed by atoms with E-state index in [1.165, 1.54) is 0 Å². The minimum atomic E-state index is -3.26. The summed E-state index contributed by atoms with van der Waals surface area (Å²) in [7, 11) is -3.26. The summed E-state index contributed by atoms with van der Waals surface area (Å²) in [5, 5.41) is 6.37. The quantitative estimate of drug-likeness (QED) is 0.284. The highest BCUT2D eigenvalue weighted by Crippen LogP contribution is 2.15. The molecule has 0 radical (unpaired) electrons. The lowest BCUT2D eigenvalue weighted by Gasteiger charge is -2.40. The number of rotatable bonds is 6. The van der Waals surface area contributed by atoms with Gasteiger partial charge in [0.2, 0.25) is 10.0 Å². The van der Waals surface area contributed by atoms with Crippen LogP contribution in [0.15, 0.2) is 4.99 Å². The second kappa shape index (κ2) is 11.8. The molecule has 12 heteroatoms. The predicted molar refractivity (Wildman–Crippen MR) is 129 cm³/mol. The molecule has 0 aromatic rings. The van der Waals surface area contributed by atoms with Gasteiger partial charge in [-0.2, -0.15) is 11.8 Å². The topological polar surface area (TPSA) is 103 Å². The van der Waals surface area contributed by atoms with Crippen LogP contribution in [0.1, 0.15) is 27.7 Å². The van der Waals surface area contributed by atoms with Crippen molar-refractivity contribution >= 4 is 57.8 Å². The van der Waals surface area contributed by atoms with Crippen LogP contribution in [-0.4, -0.2) is 97.8 Å². The molecule has 2 aliphatic heterocycles. The van der Waals surface area contributed by atoms with E-state index in [1.807, 2.05) is 27.7 Å². The third kappa shape index (κ3) is 9.05. The van der Waals surface area contributed by atoms with Gasteiger partial charge in [-0.3, -0.25) is 4.99 Å². The minimum absolute atomic E-state index is 0. The van der Waals surface area contributed by atoms with Gasteiger partial charge >= 0.3 is 6.09 Å². The van der Waals surface area contributed by atoms with Crippen LogP contribution in [0.5, 0.6) is 0 Å². The van der Waals surface area contributed by atoms with Gasteiger partial charge in [0.1, 0.15) is 5.60 Å². The lowest BCUT2D eigenvalue weighted by Crippen LogP contribution is -2.63. The molecular weight excluding hydrogens is 529 g/mol. The number of halogens is 1. The molecule has 2 aliphatic rings. The number of aliphatic imine (C=N–C) groups is 1. The summed E-state index contributed by atoms with van der Waals surface area (Å²) < 4.78 is 31.7. The Kier molecular flexibility index (Phi) is 10.8. The number of ether oxygens (including phenoxy) is 1. The highest BCUT2D eigenvalue weighted by atomic mass is 127. The van der Waals surface area contributed by atoms with E-state index in [-0.39, 0.29) is 48.4 Å². The molecule has 29 heavy (non-hydrogen) atoms. The van der Waals surface area contributed by atoms with Crippen LogP contribution < -0.4 is 10.6 Å². The molecule has 0 atom stereocenters. The minimum Gasteiger partial charge on any atom is -0.444 e. The van der Waals surface area contributed by atoms with E-state index in [0.717, 1.165) is 11.5 Å². The monoisotopic (exact) mass is 563 g/mol. The van der Waals surface area contributed by atoms with Crippen molar-refractivity contribution in [1.82, 2.24) is 19.8 Å². The molecule has 1 amide bonds. The molecule has 0 aliphatic carbocycles. The van der Waals surface area contributed by atoms with E-state index in [1.54, 1.807) is 21.0 Å². The summed E-state index contributed by atoms with van der Waals surface area (Å²) in [6, 6.07) is 0.0704. The van der Waals surface area contributed by atoms with Crippen molar-refractivity contribution in [2.45, 2.75) is 39.3 Å². The largest absolute Gasteiger partial charge is 0.444 e. The second-order valence-corrected chi connectivity index (χ2v) is 11.1. The van der Waals surface area contributed by atoms with Crippen LogP contribution in [-0.2, 0) is 14.8 Å². The van der Waals surface area contributed by atoms with E-state index in [9.17, 15) is 13.2 Å². The van der Waals surface area contributed by atoms with Gasteiger partial charge in [-0.05, 0) is 27.7 Å². The molecule has 0 unspecified atom stereocenters. The van der Waals surface area contributed by atoms with Gasteiger partial charge in [0.15, 0.2) is 5.96 Å². The van der Waals surface area contributed by atoms with Crippen molar-refractivity contribution < 1.29 is 17.9 Å². The first-order chi connectivity index (χ1) is 13.1. The van der Waals surface area contributed by atoms with Gasteiger partial charge in [0.25, 0.3) is 0 Å². The molecule has 0 aromatic carbocycles. The number of guanidine groups is 1. The smallest absolute Gasteiger partial charge is 0.410 e. The third-order valence-electron chi connectivity index (χ3n) is 4.20. The van der Waals surface area contributed by atoms with E-state index in [0.29, 0.717) is 38.7 Å². The lowest BCUT2D eigenvalue weighted by atomic mass is 10.1. The highest BCUT2D eigenvalue weighted by Gasteiger charge is 2.34. The number of amides is 1. The lowest BCUT2D eigenvalue weighted by molar-refractivity contribution is 0.00700. The fraction of sp³-hybridized carbons (Fsp3) is 0.882. The van der Waals surface area contributed by atoms with Crippen LogP contribution >= 0.6 is 35.7 Å². The molecule has 170 valence electrons. The molecule has 9 nitrogen and oxygen atoms in total. The number of likely N-dealkylation sites (tertiary alicyclic amines) is 1. The fourth-order valence-corrected chi connectivity index (χ4v) is 5.24. The van der Waals surface area contributed by atoms with Gasteiger partial charge in [0, 0.05) is 44.2 Å². The van der Waals surface area contributed by atoms with Crippen LogP contribution in [0.3, 0.4) is 0 Å². The van der Waals surface area contributed by atoms with E-state index in [4.69, 9.17) is 4.74 Å². The number of carbonyl (C=O) groups excluding carboxylic acids is 1. The summed E-state index contributed by atoms with van der Waals surface area (Å²) in [4.78, 5) is 18.0. The average Bonchev–Trinajstić information content (AvgIpc) is 2.56. The highest BCUT2D eigenvalue weighted by molar-refractivity contribution is 14.0. The number of hydrogen-bond donors (Lipinski definition) is 2. The summed E-state index contributed by atoms with van der Waals surface area (Å²) >= 11 is 1.78. The van der Waals surface area contributed by atoms with Gasteiger partial charge in [0.05, 0.1) is 18.3 Å². The Morgan fingerprint density at radius 3 is 2.41 bits per heavy atom. The summed E-state index contributed by atoms with van der Waals surface area (Å²) in [6.45, 7) is 10.6. The van der Waals surface area contributed by atoms with E-state index in [2.05, 4.69) is 15.6 Å². The van der Waals surface area contributed by atoms with Crippen molar-refractivity contribution in [3.05, 3.63) is 0 Å². The maximum atomic E-state index is 12.4. The second-order valence-electron chi connectivity index (χ2n) is 7.81. The Bertz CT molecular complexity index is 657. The molecule has 0 aromatic heterocycles. The molecule has 0 bridgehead atoms. The van der Waals surface area contributed by atoms with Crippen molar-refractivity contribution in [2.75, 3.05) is 56.5 Å². The van der Waals surface area contributed by atoms with Crippen molar-refractivity contribution in [3.8, 4) is 0 Å². The zero-order valence-electron chi connectivity index (χ0n) is 17.6. The molecule has 2 N–H and O–H groups in total. The molecule has 0 saturated carbocycles. The van der Waals surface area contributed by atoms with Crippen molar-refractivity contribution in [1.29, 1.82) is 0 Å². The van der Waals surface area contributed by atoms with Gasteiger partial charge in [-0.25, -0.2) is 17.5 Å². The Morgan fingerprint density at radius 2 is 1.86 bits per heavy atom. The molecule has 2 heterocycles. The first kappa shape index (κ1) is 26.6. The molecule has 2 fully saturated rings. The maximum Gasteiger partial charge on any atom is 0.410 e. The first-order valence-electron chi connectivity index (χ1n) is 9.69. The third-order valence-corrected chi connectivity index (χ3v) is 6.99. The summed E-state index contributed by atoms with van der Waals surface area (Å²) in [5.41, 5.74) is -0.509. The summed E-state index contributed by atoms with van der Waals surface area (Å²) in [5.74, 6) is 2.27. The Hall–Kier alpha value is -0.470. The normalized spacial score (nSPS) is 19.2. The Morgan fingerprint density at radius 1 is 1.24 bits per heavy atom. The number of nitrogens with one attached hydrogen (secondary N) is 2. The van der Waals surface area contributed by atoms with Gasteiger partial charge in [-0.15, -0.1) is 24.0 Å². The van der Waals surface area contributed by atoms with Gasteiger partial charge in [-0.1, -0.05) is 0 Å². The summed E-state index contributed by atoms with van der Waals surface area (Å²) in [6.07, 6.45) is -0.321. The SMILES string of the molecule is CCNC(=NCCS(=O)(=O)N1CCSCC1)NC1CN(C(=O)OC(C)(C)C)C1.I. The van der Waals surface area contributed by atoms with E-state index < -0.39 is 15.6 Å². The number of hydrogen-bond acceptors (Lipinski definition) is 6. The number of carbonyl (C=O) groups is 1. The number of sulfonamides is 1. The number of nitrogens with zero attached hydrogens (tertiary/aromatic N) is 3. The average molecular weight is 564 g/mol. The molecule has 2 rings (SSSR count).